The van der Waals surface area contributed by atoms with E-state index in [1.165, 1.54) is 12.1 Å². The van der Waals surface area contributed by atoms with E-state index >= 15 is 0 Å². The number of pyridine rings is 1. The van der Waals surface area contributed by atoms with Gasteiger partial charge in [-0.1, -0.05) is 30.9 Å². The summed E-state index contributed by atoms with van der Waals surface area (Å²) < 4.78 is 19.9. The summed E-state index contributed by atoms with van der Waals surface area (Å²) in [5, 5.41) is 9.82. The second-order valence-corrected chi connectivity index (χ2v) is 9.57. The van der Waals surface area contributed by atoms with Crippen molar-refractivity contribution in [3.8, 4) is 17.7 Å². The minimum Gasteiger partial charge on any atom is -0.472 e. The number of rotatable bonds is 7. The van der Waals surface area contributed by atoms with Crippen molar-refractivity contribution in [3.05, 3.63) is 59.0 Å². The summed E-state index contributed by atoms with van der Waals surface area (Å²) in [5.74, 6) is 5.86. The molecule has 1 aliphatic heterocycles. The van der Waals surface area contributed by atoms with E-state index in [9.17, 15) is 14.3 Å². The Kier molecular flexibility index (Phi) is 9.21. The first kappa shape index (κ1) is 26.6. The Morgan fingerprint density at radius 1 is 1.31 bits per heavy atom. The number of benzene rings is 1. The number of likely N-dealkylation sites (N-methyl/N-ethyl adjacent to an activating group) is 1. The number of fused-ring (bicyclic) bond motifs is 1. The number of carbonyl (C=O) groups is 1. The summed E-state index contributed by atoms with van der Waals surface area (Å²) in [6.45, 7) is 5.83. The molecule has 3 rings (SSSR count). The molecule has 0 bridgehead atoms. The van der Waals surface area contributed by atoms with Crippen LogP contribution in [0.5, 0.6) is 5.88 Å². The van der Waals surface area contributed by atoms with Crippen LogP contribution in [0.3, 0.4) is 0 Å². The number of aliphatic hydroxyl groups excluding tert-OH is 1. The van der Waals surface area contributed by atoms with Crippen molar-refractivity contribution in [1.82, 2.24) is 19.7 Å². The van der Waals surface area contributed by atoms with Crippen LogP contribution in [0.1, 0.15) is 35.3 Å². The number of aromatic nitrogens is 1. The fourth-order valence-corrected chi connectivity index (χ4v) is 4.01. The molecule has 8 heteroatoms. The van der Waals surface area contributed by atoms with Gasteiger partial charge in [0.25, 0.3) is 5.91 Å². The Labute approximate surface area is 207 Å². The normalized spacial score (nSPS) is 18.9. The van der Waals surface area contributed by atoms with Gasteiger partial charge in [0.1, 0.15) is 17.5 Å². The lowest BCUT2D eigenvalue weighted by molar-refractivity contribution is 0.0325. The van der Waals surface area contributed by atoms with Crippen LogP contribution in [0, 0.1) is 23.6 Å². The molecule has 2 aromatic rings. The quantitative estimate of drug-likeness (QED) is 0.612. The Balaban J connectivity index is 1.89. The van der Waals surface area contributed by atoms with Crippen molar-refractivity contribution < 1.29 is 19.0 Å². The lowest BCUT2D eigenvalue weighted by atomic mass is 9.99. The third kappa shape index (κ3) is 7.25. The topological polar surface area (TPSA) is 69.1 Å². The van der Waals surface area contributed by atoms with Gasteiger partial charge in [0.15, 0.2) is 0 Å². The number of hydrogen-bond donors (Lipinski definition) is 1. The molecule has 188 valence electrons. The van der Waals surface area contributed by atoms with Gasteiger partial charge >= 0.3 is 0 Å². The van der Waals surface area contributed by atoms with Crippen molar-refractivity contribution in [3.63, 3.8) is 0 Å². The van der Waals surface area contributed by atoms with Crippen molar-refractivity contribution >= 4 is 5.91 Å². The molecule has 1 amide bonds. The summed E-state index contributed by atoms with van der Waals surface area (Å²) in [6.07, 6.45) is 1.35. The molecule has 0 saturated heterocycles. The Bertz CT molecular complexity index is 1080. The second kappa shape index (κ2) is 12.1. The first-order valence-electron chi connectivity index (χ1n) is 11.8. The average Bonchev–Trinajstić information content (AvgIpc) is 2.81. The number of ether oxygens (including phenoxy) is 1. The lowest BCUT2D eigenvalue weighted by Gasteiger charge is -2.37. The van der Waals surface area contributed by atoms with Gasteiger partial charge in [-0.05, 0) is 51.8 Å². The van der Waals surface area contributed by atoms with E-state index in [0.29, 0.717) is 37.3 Å². The smallest absolute Gasteiger partial charge is 0.259 e. The van der Waals surface area contributed by atoms with E-state index in [4.69, 9.17) is 4.74 Å². The van der Waals surface area contributed by atoms with Gasteiger partial charge in [0, 0.05) is 37.3 Å². The maximum Gasteiger partial charge on any atom is 0.259 e. The van der Waals surface area contributed by atoms with Gasteiger partial charge in [-0.3, -0.25) is 14.6 Å². The Morgan fingerprint density at radius 2 is 2.09 bits per heavy atom. The van der Waals surface area contributed by atoms with Crippen LogP contribution in [0.15, 0.2) is 36.5 Å². The van der Waals surface area contributed by atoms with E-state index in [-0.39, 0.29) is 42.3 Å². The number of hydrogen-bond acceptors (Lipinski definition) is 6. The zero-order chi connectivity index (χ0) is 25.5. The first-order chi connectivity index (χ1) is 16.7. The third-order valence-electron chi connectivity index (χ3n) is 5.98. The Hall–Kier alpha value is -2.99. The van der Waals surface area contributed by atoms with Crippen LogP contribution in [-0.2, 0) is 6.54 Å². The summed E-state index contributed by atoms with van der Waals surface area (Å²) in [5.41, 5.74) is 1.84. The molecule has 0 radical (unpaired) electrons. The largest absolute Gasteiger partial charge is 0.472 e. The summed E-state index contributed by atoms with van der Waals surface area (Å²) in [4.78, 5) is 23.6. The maximum absolute atomic E-state index is 13.6. The van der Waals surface area contributed by atoms with E-state index in [1.807, 2.05) is 46.0 Å². The fraction of sp³-hybridized carbons (Fsp3) is 0.481. The number of nitrogens with zero attached hydrogens (tertiary/aromatic N) is 4. The molecule has 0 fully saturated rings. The predicted octanol–water partition coefficient (Wildman–Crippen LogP) is 2.49. The number of amides is 1. The predicted molar refractivity (Wildman–Crippen MR) is 134 cm³/mol. The number of halogens is 1. The van der Waals surface area contributed by atoms with E-state index in [1.54, 1.807) is 23.2 Å². The van der Waals surface area contributed by atoms with Crippen LogP contribution in [0.25, 0.3) is 0 Å². The minimum absolute atomic E-state index is 0.0302. The molecule has 2 heterocycles. The molecule has 35 heavy (non-hydrogen) atoms. The van der Waals surface area contributed by atoms with Gasteiger partial charge < -0.3 is 14.7 Å². The van der Waals surface area contributed by atoms with Gasteiger partial charge in [0.2, 0.25) is 5.88 Å². The van der Waals surface area contributed by atoms with Gasteiger partial charge in [-0.15, -0.1) is 0 Å². The standard InChI is InChI=1S/C27H35FN4O3/c1-19-15-32(20(2)18-33)27(34)24-13-21(9-7-11-30(3)4)14-29-26(24)35-25(19)17-31(5)16-22-8-6-10-23(28)12-22/h6,8,10,12-14,19-20,25,33H,11,15-18H2,1-5H3/t19-,20-,25+/m1/s1. The number of aliphatic hydroxyl groups is 1. The molecule has 1 N–H and O–H groups in total. The average molecular weight is 483 g/mol. The second-order valence-electron chi connectivity index (χ2n) is 9.57. The molecule has 1 aromatic carbocycles. The maximum atomic E-state index is 13.6. The lowest BCUT2D eigenvalue weighted by Crippen LogP contribution is -2.49. The summed E-state index contributed by atoms with van der Waals surface area (Å²) in [6, 6.07) is 7.91. The van der Waals surface area contributed by atoms with Crippen molar-refractivity contribution in [1.29, 1.82) is 0 Å². The molecule has 0 aliphatic carbocycles. The summed E-state index contributed by atoms with van der Waals surface area (Å²) in [7, 11) is 5.83. The first-order valence-corrected chi connectivity index (χ1v) is 11.8. The molecule has 7 nitrogen and oxygen atoms in total. The molecule has 0 spiro atoms. The highest BCUT2D eigenvalue weighted by Gasteiger charge is 2.34. The van der Waals surface area contributed by atoms with Crippen molar-refractivity contribution in [2.75, 3.05) is 47.4 Å². The van der Waals surface area contributed by atoms with Gasteiger partial charge in [0.05, 0.1) is 19.2 Å². The molecule has 0 unspecified atom stereocenters. The van der Waals surface area contributed by atoms with Crippen LogP contribution in [-0.4, -0.2) is 90.2 Å². The fourth-order valence-electron chi connectivity index (χ4n) is 4.01. The molecular formula is C27H35FN4O3. The highest BCUT2D eigenvalue weighted by atomic mass is 19.1. The zero-order valence-electron chi connectivity index (χ0n) is 21.2. The van der Waals surface area contributed by atoms with E-state index in [2.05, 4.69) is 21.7 Å². The molecule has 1 aromatic heterocycles. The zero-order valence-corrected chi connectivity index (χ0v) is 21.2. The van der Waals surface area contributed by atoms with Crippen LogP contribution in [0.2, 0.25) is 0 Å². The molecular weight excluding hydrogens is 447 g/mol. The van der Waals surface area contributed by atoms with E-state index < -0.39 is 0 Å². The number of carbonyl (C=O) groups excluding carboxylic acids is 1. The van der Waals surface area contributed by atoms with Crippen molar-refractivity contribution in [2.24, 2.45) is 5.92 Å². The van der Waals surface area contributed by atoms with Gasteiger partial charge in [-0.25, -0.2) is 9.37 Å². The summed E-state index contributed by atoms with van der Waals surface area (Å²) >= 11 is 0. The molecule has 1 aliphatic rings. The minimum atomic E-state index is -0.356. The van der Waals surface area contributed by atoms with E-state index in [0.717, 1.165) is 5.56 Å². The molecule has 0 saturated carbocycles. The van der Waals surface area contributed by atoms with Gasteiger partial charge in [-0.2, -0.15) is 0 Å². The molecule has 3 atom stereocenters. The van der Waals surface area contributed by atoms with Crippen LogP contribution >= 0.6 is 0 Å². The van der Waals surface area contributed by atoms with Crippen LogP contribution < -0.4 is 4.74 Å². The third-order valence-corrected chi connectivity index (χ3v) is 5.98. The monoisotopic (exact) mass is 482 g/mol. The van der Waals surface area contributed by atoms with Crippen molar-refractivity contribution in [2.45, 2.75) is 32.5 Å². The Morgan fingerprint density at radius 3 is 2.77 bits per heavy atom. The highest BCUT2D eigenvalue weighted by Crippen LogP contribution is 2.27. The highest BCUT2D eigenvalue weighted by molar-refractivity contribution is 5.97. The van der Waals surface area contributed by atoms with Crippen LogP contribution in [0.4, 0.5) is 4.39 Å². The SMILES string of the molecule is C[C@@H]1CN([C@H](C)CO)C(=O)c2cc(C#CCN(C)C)cnc2O[C@H]1CN(C)Cc1cccc(F)c1.